The minimum Gasteiger partial charge on any atom is -0.495 e. The average molecular weight is 1020 g/mol. The number of benzene rings is 2. The van der Waals surface area contributed by atoms with E-state index in [4.69, 9.17) is 16.3 Å². The van der Waals surface area contributed by atoms with Crippen LogP contribution in [0, 0.1) is 18.8 Å². The average Bonchev–Trinajstić information content (AvgIpc) is 3.77. The van der Waals surface area contributed by atoms with Gasteiger partial charge in [0.15, 0.2) is 5.67 Å². The molecule has 2 aromatic heterocycles. The van der Waals surface area contributed by atoms with Crippen LogP contribution in [0.15, 0.2) is 54.2 Å². The standard InChI is InChI=1S/C50H64ClFN10O6S2/c1-30-41(69-29-56-30)34-11-9-31(10-12-34)24-54-44(64)39-23-36(63)27-62(39)46(66)42(58-47(67)50(52)15-16-50)49(2,3)70-28-33-8-6-7-32(21-33)26-60-17-19-61(20-18-60)45(65)35-13-14-38(40(22-35)68-5)57-48-55-25-37(51)43(53-4)59-48/h9-14,22,25,29,32-33,36,39,42,63H,6-8,15-21,23-24,26-28H2,1-5H3,(H,54,64)(H,58,67)(H2,53,55,57,59)/t32-,33+,36-,39?,42-/m1/s1. The first-order valence-corrected chi connectivity index (χ1v) is 26.3. The molecule has 5 N–H and O–H groups in total. The maximum atomic E-state index is 15.2. The number of hydrogen-bond acceptors (Lipinski definition) is 14. The second-order valence-electron chi connectivity index (χ2n) is 19.5. The second kappa shape index (κ2) is 22.1. The number of hydrogen-bond donors (Lipinski definition) is 5. The van der Waals surface area contributed by atoms with Crippen LogP contribution in [-0.4, -0.2) is 146 Å². The number of carbonyl (C=O) groups excluding carboxylic acids is 4. The van der Waals surface area contributed by atoms with Crippen LogP contribution < -0.4 is 26.0 Å². The van der Waals surface area contributed by atoms with Crippen molar-refractivity contribution in [2.24, 2.45) is 11.8 Å². The first kappa shape index (κ1) is 51.3. The number of aromatic nitrogens is 3. The lowest BCUT2D eigenvalue weighted by atomic mass is 9.82. The molecule has 16 nitrogen and oxygen atoms in total. The summed E-state index contributed by atoms with van der Waals surface area (Å²) in [6, 6.07) is 11.1. The summed E-state index contributed by atoms with van der Waals surface area (Å²) < 4.78 is 20.0. The normalized spacial score (nSPS) is 21.7. The van der Waals surface area contributed by atoms with Gasteiger partial charge in [-0.2, -0.15) is 16.7 Å². The van der Waals surface area contributed by atoms with Crippen molar-refractivity contribution in [3.05, 3.63) is 76.0 Å². The van der Waals surface area contributed by atoms with Gasteiger partial charge in [-0.3, -0.25) is 24.1 Å². The highest BCUT2D eigenvalue weighted by Crippen LogP contribution is 2.42. The number of rotatable bonds is 18. The number of methoxy groups -OCH3 is 1. The number of thiazole rings is 1. The molecular formula is C50H64ClFN10O6S2. The topological polar surface area (TPSA) is 194 Å². The van der Waals surface area contributed by atoms with Crippen molar-refractivity contribution in [2.45, 2.75) is 101 Å². The summed E-state index contributed by atoms with van der Waals surface area (Å²) in [6.07, 6.45) is 5.05. The van der Waals surface area contributed by atoms with E-state index in [-0.39, 0.29) is 38.3 Å². The quantitative estimate of drug-likeness (QED) is 0.0708. The summed E-state index contributed by atoms with van der Waals surface area (Å²) in [5.41, 5.74) is 3.81. The van der Waals surface area contributed by atoms with E-state index >= 15 is 4.39 Å². The molecule has 2 aliphatic heterocycles. The molecule has 70 heavy (non-hydrogen) atoms. The van der Waals surface area contributed by atoms with Crippen molar-refractivity contribution in [2.75, 3.05) is 69.8 Å². The maximum Gasteiger partial charge on any atom is 0.258 e. The Morgan fingerprint density at radius 2 is 1.79 bits per heavy atom. The van der Waals surface area contributed by atoms with Gasteiger partial charge >= 0.3 is 0 Å². The van der Waals surface area contributed by atoms with E-state index in [0.29, 0.717) is 58.7 Å². The number of nitrogens with zero attached hydrogens (tertiary/aromatic N) is 6. The number of aryl methyl sites for hydroxylation is 1. The highest BCUT2D eigenvalue weighted by molar-refractivity contribution is 8.00. The Kier molecular flexibility index (Phi) is 16.2. The summed E-state index contributed by atoms with van der Waals surface area (Å²) in [7, 11) is 3.27. The molecule has 2 aromatic carbocycles. The number of aliphatic hydroxyl groups excluding tert-OH is 1. The van der Waals surface area contributed by atoms with Gasteiger partial charge in [-0.15, -0.1) is 11.3 Å². The fourth-order valence-corrected chi connectivity index (χ4v) is 12.0. The van der Waals surface area contributed by atoms with Crippen LogP contribution in [0.3, 0.4) is 0 Å². The first-order chi connectivity index (χ1) is 33.5. The number of piperazine rings is 1. The van der Waals surface area contributed by atoms with E-state index in [0.717, 1.165) is 72.8 Å². The number of amides is 4. The van der Waals surface area contributed by atoms with Gasteiger partial charge in [-0.1, -0.05) is 42.3 Å². The summed E-state index contributed by atoms with van der Waals surface area (Å²) >= 11 is 9.30. The zero-order valence-electron chi connectivity index (χ0n) is 40.4. The van der Waals surface area contributed by atoms with E-state index in [9.17, 15) is 24.3 Å². The smallest absolute Gasteiger partial charge is 0.258 e. The molecule has 4 aliphatic rings. The molecule has 4 amide bonds. The second-order valence-corrected chi connectivity index (χ2v) is 22.5. The lowest BCUT2D eigenvalue weighted by Gasteiger charge is -2.40. The monoisotopic (exact) mass is 1020 g/mol. The van der Waals surface area contributed by atoms with Gasteiger partial charge in [0, 0.05) is 69.6 Å². The van der Waals surface area contributed by atoms with Gasteiger partial charge in [0.2, 0.25) is 17.8 Å². The van der Waals surface area contributed by atoms with E-state index in [1.54, 1.807) is 55.5 Å². The molecule has 0 spiro atoms. The Labute approximate surface area is 422 Å². The number of likely N-dealkylation sites (tertiary alicyclic amines) is 1. The van der Waals surface area contributed by atoms with Crippen molar-refractivity contribution in [3.8, 4) is 16.2 Å². The third-order valence-electron chi connectivity index (χ3n) is 14.0. The number of carbonyl (C=O) groups is 4. The van der Waals surface area contributed by atoms with Crippen LogP contribution in [0.25, 0.3) is 10.4 Å². The van der Waals surface area contributed by atoms with Gasteiger partial charge < -0.3 is 40.9 Å². The molecule has 8 rings (SSSR count). The van der Waals surface area contributed by atoms with Crippen molar-refractivity contribution in [3.63, 3.8) is 0 Å². The predicted molar refractivity (Wildman–Crippen MR) is 272 cm³/mol. The Bertz CT molecular complexity index is 2520. The summed E-state index contributed by atoms with van der Waals surface area (Å²) in [6.45, 7) is 9.58. The molecule has 376 valence electrons. The number of aliphatic hydroxyl groups is 1. The van der Waals surface area contributed by atoms with Crippen LogP contribution in [0.2, 0.25) is 5.02 Å². The van der Waals surface area contributed by atoms with Crippen molar-refractivity contribution in [1.82, 2.24) is 40.3 Å². The number of thioether (sulfide) groups is 1. The fraction of sp³-hybridized carbons (Fsp3) is 0.540. The molecule has 0 radical (unpaired) electrons. The van der Waals surface area contributed by atoms with E-state index < -0.39 is 46.3 Å². The number of nitrogens with one attached hydrogen (secondary N) is 4. The predicted octanol–water partition coefficient (Wildman–Crippen LogP) is 6.70. The SMILES string of the molecule is CNc1nc(Nc2ccc(C(=O)N3CCN(C[C@@H]4CCC[C@H](CSC(C)(C)[C@H](NC(=O)C5(F)CC5)C(=O)N5C[C@H](O)CC5C(=O)NCc5ccc(-c6scnc6C)cc5)C4)CC3)cc2OC)ncc1Cl. The number of anilines is 3. The minimum atomic E-state index is -2.01. The van der Waals surface area contributed by atoms with Gasteiger partial charge in [0.1, 0.15) is 28.7 Å². The first-order valence-electron chi connectivity index (χ1n) is 24.1. The molecular weight excluding hydrogens is 955 g/mol. The van der Waals surface area contributed by atoms with Crippen LogP contribution >= 0.6 is 34.7 Å². The summed E-state index contributed by atoms with van der Waals surface area (Å²) in [5, 5.41) is 23.0. The third kappa shape index (κ3) is 12.1. The van der Waals surface area contributed by atoms with Crippen LogP contribution in [0.4, 0.5) is 21.8 Å². The van der Waals surface area contributed by atoms with Crippen molar-refractivity contribution >= 4 is 75.8 Å². The Morgan fingerprint density at radius 3 is 2.47 bits per heavy atom. The van der Waals surface area contributed by atoms with Gasteiger partial charge in [-0.25, -0.2) is 14.4 Å². The molecule has 20 heteroatoms. The Balaban J connectivity index is 0.837. The van der Waals surface area contributed by atoms with Crippen molar-refractivity contribution in [1.29, 1.82) is 0 Å². The van der Waals surface area contributed by atoms with E-state index in [1.165, 1.54) is 11.1 Å². The molecule has 2 aliphatic carbocycles. The zero-order chi connectivity index (χ0) is 49.7. The lowest BCUT2D eigenvalue weighted by molar-refractivity contribution is -0.143. The van der Waals surface area contributed by atoms with Gasteiger partial charge in [-0.05, 0) is 99.8 Å². The Hall–Kier alpha value is -5.08. The molecule has 4 heterocycles. The van der Waals surface area contributed by atoms with Gasteiger partial charge in [0.05, 0.1) is 41.2 Å². The number of β-amino-alcohol motifs (C(OH)–C–C–N with tert-alkyl or cyclic N) is 1. The van der Waals surface area contributed by atoms with Crippen LogP contribution in [0.1, 0.15) is 80.4 Å². The Morgan fingerprint density at radius 1 is 1.04 bits per heavy atom. The lowest BCUT2D eigenvalue weighted by Crippen LogP contribution is -2.61. The molecule has 0 bridgehead atoms. The van der Waals surface area contributed by atoms with Crippen LogP contribution in [0.5, 0.6) is 5.75 Å². The molecule has 1 unspecified atom stereocenters. The van der Waals surface area contributed by atoms with Gasteiger partial charge in [0.25, 0.3) is 11.8 Å². The molecule has 2 saturated carbocycles. The maximum absolute atomic E-state index is 15.2. The summed E-state index contributed by atoms with van der Waals surface area (Å²) in [4.78, 5) is 75.1. The number of halogens is 2. The molecule has 5 atom stereocenters. The molecule has 4 aromatic rings. The minimum absolute atomic E-state index is 0.0551. The highest BCUT2D eigenvalue weighted by atomic mass is 35.5. The van der Waals surface area contributed by atoms with Crippen LogP contribution in [-0.2, 0) is 20.9 Å². The third-order valence-corrected chi connectivity index (χ3v) is 16.9. The molecule has 4 fully saturated rings. The van der Waals surface area contributed by atoms with E-state index in [2.05, 4.69) is 41.1 Å². The fourth-order valence-electron chi connectivity index (χ4n) is 9.73. The number of alkyl halides is 1. The molecule has 2 saturated heterocycles. The zero-order valence-corrected chi connectivity index (χ0v) is 42.8. The van der Waals surface area contributed by atoms with Crippen molar-refractivity contribution < 1.29 is 33.4 Å². The summed E-state index contributed by atoms with van der Waals surface area (Å²) in [5.74, 6) is 1.09. The largest absolute Gasteiger partial charge is 0.495 e. The van der Waals surface area contributed by atoms with E-state index in [1.807, 2.05) is 55.4 Å². The number of ether oxygens (including phenoxy) is 1. The highest BCUT2D eigenvalue weighted by Gasteiger charge is 2.54.